The molecule has 0 fully saturated rings. The fourth-order valence-electron chi connectivity index (χ4n) is 3.83. The Morgan fingerprint density at radius 1 is 1.21 bits per heavy atom. The number of nitrogen functional groups attached to an aromatic ring is 1. The van der Waals surface area contributed by atoms with E-state index in [0.29, 0.717) is 40.9 Å². The molecule has 10 nitrogen and oxygen atoms in total. The zero-order chi connectivity index (χ0) is 27.1. The molecule has 2 aromatic carbocycles. The van der Waals surface area contributed by atoms with Crippen LogP contribution in [0.15, 0.2) is 78.4 Å². The van der Waals surface area contributed by atoms with Gasteiger partial charge in [-0.25, -0.2) is 15.0 Å². The molecule has 38 heavy (non-hydrogen) atoms. The number of rotatable bonds is 7. The summed E-state index contributed by atoms with van der Waals surface area (Å²) in [6.45, 7) is 5.50. The summed E-state index contributed by atoms with van der Waals surface area (Å²) in [5, 5.41) is 5.85. The zero-order valence-corrected chi connectivity index (χ0v) is 20.7. The average molecular weight is 509 g/mol. The van der Waals surface area contributed by atoms with E-state index in [1.807, 2.05) is 18.2 Å². The van der Waals surface area contributed by atoms with Crippen molar-refractivity contribution in [1.82, 2.24) is 25.2 Å². The van der Waals surface area contributed by atoms with E-state index in [9.17, 15) is 14.4 Å². The molecule has 0 aliphatic heterocycles. The number of H-pyrrole nitrogens is 1. The number of amides is 2. The molecular weight excluding hydrogens is 482 g/mol. The molecule has 0 aliphatic rings. The molecule has 0 saturated heterocycles. The van der Waals surface area contributed by atoms with Gasteiger partial charge in [0.15, 0.2) is 0 Å². The highest BCUT2D eigenvalue weighted by Gasteiger charge is 2.23. The number of para-hydroxylation sites is 1. The first-order chi connectivity index (χ1) is 18.4. The number of hydrogen-bond acceptors (Lipinski definition) is 6. The first-order valence-electron chi connectivity index (χ1n) is 11.8. The third-order valence-corrected chi connectivity index (χ3v) is 5.62. The molecule has 0 saturated carbocycles. The molecule has 5 N–H and O–H groups in total. The predicted molar refractivity (Wildman–Crippen MR) is 143 cm³/mol. The van der Waals surface area contributed by atoms with Crippen LogP contribution < -0.4 is 26.9 Å². The molecule has 0 radical (unpaired) electrons. The van der Waals surface area contributed by atoms with Gasteiger partial charge in [-0.1, -0.05) is 42.7 Å². The van der Waals surface area contributed by atoms with E-state index >= 15 is 0 Å². The van der Waals surface area contributed by atoms with Crippen LogP contribution in [0.4, 0.5) is 5.82 Å². The summed E-state index contributed by atoms with van der Waals surface area (Å²) in [5.41, 5.74) is 7.12. The maximum Gasteiger partial charge on any atom is 0.302 e. The Labute approximate surface area is 218 Å². The maximum atomic E-state index is 13.9. The number of fused-ring (bicyclic) bond motifs is 1. The number of hydrogen-bond donors (Lipinski definition) is 3. The van der Waals surface area contributed by atoms with Crippen LogP contribution in [0.3, 0.4) is 0 Å². The Kier molecular flexibility index (Phi) is 7.89. The van der Waals surface area contributed by atoms with E-state index < -0.39 is 11.9 Å². The number of carbonyl (C=O) groups is 2. The van der Waals surface area contributed by atoms with Crippen LogP contribution in [0.5, 0.6) is 0 Å². The minimum Gasteiger partial charge on any atom is -0.352 e. The summed E-state index contributed by atoms with van der Waals surface area (Å²) in [7, 11) is 0. The number of aromatic nitrogens is 4. The summed E-state index contributed by atoms with van der Waals surface area (Å²) >= 11 is 0. The number of nitrogens with two attached hydrogens (primary N) is 1. The summed E-state index contributed by atoms with van der Waals surface area (Å²) in [6, 6.07) is 13.6. The fraction of sp³-hybridized carbons (Fsp3) is 0.143. The fourth-order valence-corrected chi connectivity index (χ4v) is 3.83. The van der Waals surface area contributed by atoms with Gasteiger partial charge < -0.3 is 10.6 Å². The van der Waals surface area contributed by atoms with E-state index in [2.05, 4.69) is 39.0 Å². The average Bonchev–Trinajstić information content (AvgIpc) is 2.93. The molecule has 0 spiro atoms. The summed E-state index contributed by atoms with van der Waals surface area (Å²) in [4.78, 5) is 49.7. The Bertz CT molecular complexity index is 1640. The van der Waals surface area contributed by atoms with Crippen LogP contribution in [-0.4, -0.2) is 32.9 Å². The highest BCUT2D eigenvalue weighted by atomic mass is 16.2. The number of nitrogens with one attached hydrogen (secondary N) is 3. The monoisotopic (exact) mass is 508 g/mol. The second-order valence-corrected chi connectivity index (χ2v) is 8.24. The Hall–Kier alpha value is -5.30. The van der Waals surface area contributed by atoms with Crippen molar-refractivity contribution >= 4 is 28.5 Å². The summed E-state index contributed by atoms with van der Waals surface area (Å²) in [5.74, 6) is 5.69. The van der Waals surface area contributed by atoms with Crippen LogP contribution in [0.25, 0.3) is 16.6 Å². The molecule has 1 unspecified atom stereocenters. The van der Waals surface area contributed by atoms with Gasteiger partial charge in [-0.2, -0.15) is 0 Å². The van der Waals surface area contributed by atoms with Crippen LogP contribution in [0.2, 0.25) is 0 Å². The van der Waals surface area contributed by atoms with E-state index in [4.69, 9.17) is 10.7 Å². The van der Waals surface area contributed by atoms with Crippen molar-refractivity contribution in [3.63, 3.8) is 0 Å². The molecule has 1 atom stereocenters. The van der Waals surface area contributed by atoms with Gasteiger partial charge in [0.2, 0.25) is 11.6 Å². The first kappa shape index (κ1) is 25.8. The summed E-state index contributed by atoms with van der Waals surface area (Å²) < 4.78 is 1.47. The Morgan fingerprint density at radius 2 is 2.00 bits per heavy atom. The number of anilines is 1. The summed E-state index contributed by atoms with van der Waals surface area (Å²) in [6.07, 6.45) is 4.54. The molecule has 2 amide bonds. The van der Waals surface area contributed by atoms with Crippen LogP contribution in [-0.2, 0) is 4.79 Å². The van der Waals surface area contributed by atoms with Crippen LogP contribution in [0.1, 0.15) is 41.3 Å². The maximum absolute atomic E-state index is 13.9. The Balaban J connectivity index is 1.77. The highest BCUT2D eigenvalue weighted by Crippen LogP contribution is 2.20. The molecule has 2 aromatic heterocycles. The standard InChI is InChI=1S/C28H25N7O3/c1-3-22(36)30-15-8-7-10-19-11-9-14-21-23(19)28(38)35(20-12-5-4-6-13-20)26(34-21)18(2)33-27(37)24-25(29)32-17-16-31-24/h3-6,9,11-14,16-18H,1,8,15H2,2H3,(H2,29,32)(H,30,36)(H,33,37)/p+1. The molecule has 4 aromatic rings. The first-order valence-corrected chi connectivity index (χ1v) is 11.8. The third kappa shape index (κ3) is 5.57. The third-order valence-electron chi connectivity index (χ3n) is 5.62. The van der Waals surface area contributed by atoms with Crippen molar-refractivity contribution in [3.8, 4) is 17.5 Å². The lowest BCUT2D eigenvalue weighted by molar-refractivity contribution is -0.361. The lowest BCUT2D eigenvalue weighted by atomic mass is 10.1. The van der Waals surface area contributed by atoms with E-state index in [1.54, 1.807) is 37.3 Å². The topological polar surface area (TPSA) is 146 Å². The lowest BCUT2D eigenvalue weighted by Gasteiger charge is -2.19. The minimum atomic E-state index is -0.676. The molecule has 0 aliphatic carbocycles. The van der Waals surface area contributed by atoms with E-state index in [1.165, 1.54) is 23.0 Å². The van der Waals surface area contributed by atoms with Gasteiger partial charge in [-0.05, 0) is 37.3 Å². The molecule has 0 bridgehead atoms. The quantitative estimate of drug-likeness (QED) is 0.197. The molecule has 190 valence electrons. The molecule has 2 heterocycles. The Morgan fingerprint density at radius 3 is 2.74 bits per heavy atom. The van der Waals surface area contributed by atoms with Crippen molar-refractivity contribution < 1.29 is 14.6 Å². The van der Waals surface area contributed by atoms with Crippen molar-refractivity contribution in [3.05, 3.63) is 101 Å². The van der Waals surface area contributed by atoms with Crippen molar-refractivity contribution in [1.29, 1.82) is 0 Å². The van der Waals surface area contributed by atoms with Crippen LogP contribution >= 0.6 is 0 Å². The van der Waals surface area contributed by atoms with Crippen LogP contribution in [0, 0.1) is 11.8 Å². The number of benzene rings is 2. The number of aromatic amines is 1. The van der Waals surface area contributed by atoms with Crippen molar-refractivity contribution in [2.75, 3.05) is 12.3 Å². The van der Waals surface area contributed by atoms with E-state index in [-0.39, 0.29) is 23.0 Å². The SMILES string of the molecule is C=CC(=O)NCCC#Cc1cccc2nc(C(C)NC(=O)c3ncc[nH+]c3N)n(-c3ccccc3)c(=O)c12. The largest absolute Gasteiger partial charge is 0.352 e. The van der Waals surface area contributed by atoms with Gasteiger partial charge in [-0.15, -0.1) is 0 Å². The normalized spacial score (nSPS) is 11.2. The second kappa shape index (κ2) is 11.6. The predicted octanol–water partition coefficient (Wildman–Crippen LogP) is 1.71. The molecule has 10 heteroatoms. The smallest absolute Gasteiger partial charge is 0.302 e. The molecule has 4 rings (SSSR count). The number of carbonyl (C=O) groups excluding carboxylic acids is 2. The molecular formula is C28H26N7O3+. The van der Waals surface area contributed by atoms with Gasteiger partial charge in [-0.3, -0.25) is 24.7 Å². The minimum absolute atomic E-state index is 0.0376. The van der Waals surface area contributed by atoms with E-state index in [0.717, 1.165) is 0 Å². The highest BCUT2D eigenvalue weighted by molar-refractivity contribution is 5.95. The number of nitrogens with zero attached hydrogens (tertiary/aromatic N) is 3. The van der Waals surface area contributed by atoms with Crippen molar-refractivity contribution in [2.24, 2.45) is 0 Å². The zero-order valence-electron chi connectivity index (χ0n) is 20.7. The van der Waals surface area contributed by atoms with Gasteiger partial charge in [0, 0.05) is 18.5 Å². The lowest BCUT2D eigenvalue weighted by Crippen LogP contribution is -2.34. The van der Waals surface area contributed by atoms with Gasteiger partial charge in [0.05, 0.1) is 28.8 Å². The van der Waals surface area contributed by atoms with Gasteiger partial charge >= 0.3 is 5.82 Å². The van der Waals surface area contributed by atoms with Gasteiger partial charge in [0.25, 0.3) is 11.5 Å². The van der Waals surface area contributed by atoms with Gasteiger partial charge in [0.1, 0.15) is 12.0 Å². The van der Waals surface area contributed by atoms with Crippen molar-refractivity contribution in [2.45, 2.75) is 19.4 Å². The second-order valence-electron chi connectivity index (χ2n) is 8.24.